The smallest absolute Gasteiger partial charge is 0.444 e. The number of halogens is 1. The van der Waals surface area contributed by atoms with Gasteiger partial charge in [0.25, 0.3) is 0 Å². The Kier molecular flexibility index (Phi) is 5.08. The number of ether oxygens (including phenoxy) is 1. The van der Waals surface area contributed by atoms with Gasteiger partial charge < -0.3 is 19.4 Å². The zero-order chi connectivity index (χ0) is 18.3. The number of allylic oxidation sites excluding steroid dienone is 1. The van der Waals surface area contributed by atoms with E-state index in [2.05, 4.69) is 5.32 Å². The molecule has 1 heterocycles. The fraction of sp³-hybridized carbons (Fsp3) is 0.824. The molecule has 0 aromatic heterocycles. The predicted octanol–water partition coefficient (Wildman–Crippen LogP) is 3.78. The summed E-state index contributed by atoms with van der Waals surface area (Å²) in [6, 6.07) is 0. The summed E-state index contributed by atoms with van der Waals surface area (Å²) in [7, 11) is -0.926. The third-order valence-corrected chi connectivity index (χ3v) is 4.80. The standard InChI is InChI=1S/C17H29BFNO4/c1-15(2,3)22-14(21)20-10-11-8-12(9-11)13(19)18-23-16(4,5)17(6,7)24-18/h11H,8-10H2,1-7H3,(H,20,21). The topological polar surface area (TPSA) is 56.8 Å². The summed E-state index contributed by atoms with van der Waals surface area (Å²) >= 11 is 0. The second-order valence-corrected chi connectivity index (χ2v) is 8.70. The highest BCUT2D eigenvalue weighted by atomic mass is 19.1. The maximum atomic E-state index is 14.6. The van der Waals surface area contributed by atoms with E-state index in [-0.39, 0.29) is 11.6 Å². The molecule has 0 spiro atoms. The molecule has 1 amide bonds. The van der Waals surface area contributed by atoms with Crippen molar-refractivity contribution in [3.8, 4) is 0 Å². The maximum Gasteiger partial charge on any atom is 0.525 e. The van der Waals surface area contributed by atoms with Crippen LogP contribution in [0.3, 0.4) is 0 Å². The van der Waals surface area contributed by atoms with Gasteiger partial charge in [0.1, 0.15) is 11.3 Å². The molecule has 2 rings (SSSR count). The van der Waals surface area contributed by atoms with Crippen LogP contribution in [-0.2, 0) is 14.0 Å². The van der Waals surface area contributed by atoms with Crippen molar-refractivity contribution < 1.29 is 23.2 Å². The molecule has 0 aromatic rings. The molecule has 0 bridgehead atoms. The summed E-state index contributed by atoms with van der Waals surface area (Å²) in [5.41, 5.74) is -1.21. The largest absolute Gasteiger partial charge is 0.525 e. The monoisotopic (exact) mass is 341 g/mol. The van der Waals surface area contributed by atoms with Crippen LogP contribution in [0, 0.1) is 5.92 Å². The summed E-state index contributed by atoms with van der Waals surface area (Å²) in [6.45, 7) is 13.5. The fourth-order valence-corrected chi connectivity index (χ4v) is 2.63. The van der Waals surface area contributed by atoms with Crippen LogP contribution in [0.2, 0.25) is 0 Å². The van der Waals surface area contributed by atoms with Crippen LogP contribution in [0.4, 0.5) is 9.18 Å². The number of carbonyl (C=O) groups is 1. The normalized spacial score (nSPS) is 25.2. The van der Waals surface area contributed by atoms with Crippen molar-refractivity contribution in [3.63, 3.8) is 0 Å². The van der Waals surface area contributed by atoms with E-state index in [9.17, 15) is 9.18 Å². The predicted molar refractivity (Wildman–Crippen MR) is 91.2 cm³/mol. The van der Waals surface area contributed by atoms with Gasteiger partial charge in [0.2, 0.25) is 0 Å². The Labute approximate surface area is 144 Å². The first-order chi connectivity index (χ1) is 10.8. The van der Waals surface area contributed by atoms with Crippen molar-refractivity contribution in [3.05, 3.63) is 11.3 Å². The van der Waals surface area contributed by atoms with Gasteiger partial charge in [-0.05, 0) is 72.8 Å². The number of hydrogen-bond acceptors (Lipinski definition) is 4. The summed E-state index contributed by atoms with van der Waals surface area (Å²) < 4.78 is 31.2. The van der Waals surface area contributed by atoms with Crippen molar-refractivity contribution in [1.29, 1.82) is 0 Å². The van der Waals surface area contributed by atoms with Crippen molar-refractivity contribution in [2.24, 2.45) is 5.92 Å². The quantitative estimate of drug-likeness (QED) is 0.794. The fourth-order valence-electron chi connectivity index (χ4n) is 2.63. The van der Waals surface area contributed by atoms with Gasteiger partial charge in [-0.1, -0.05) is 0 Å². The van der Waals surface area contributed by atoms with Gasteiger partial charge in [-0.15, -0.1) is 0 Å². The summed E-state index contributed by atoms with van der Waals surface area (Å²) in [6.07, 6.45) is 0.767. The molecule has 1 saturated heterocycles. The van der Waals surface area contributed by atoms with E-state index in [0.717, 1.165) is 0 Å². The lowest BCUT2D eigenvalue weighted by molar-refractivity contribution is 0.00578. The Morgan fingerprint density at radius 3 is 2.21 bits per heavy atom. The second-order valence-electron chi connectivity index (χ2n) is 8.70. The molecule has 1 N–H and O–H groups in total. The van der Waals surface area contributed by atoms with Crippen molar-refractivity contribution in [2.45, 2.75) is 78.1 Å². The van der Waals surface area contributed by atoms with Gasteiger partial charge in [0, 0.05) is 6.54 Å². The van der Waals surface area contributed by atoms with E-state index in [4.69, 9.17) is 14.0 Å². The molecule has 1 aliphatic heterocycles. The molecular formula is C17H29BFNO4. The van der Waals surface area contributed by atoms with Crippen LogP contribution in [0.15, 0.2) is 11.3 Å². The third kappa shape index (κ3) is 4.31. The SMILES string of the molecule is CC(C)(C)OC(=O)NCC1CC(=C(F)B2OC(C)(C)C(C)(C)O2)C1. The van der Waals surface area contributed by atoms with E-state index >= 15 is 0 Å². The Morgan fingerprint density at radius 1 is 1.25 bits per heavy atom. The van der Waals surface area contributed by atoms with E-state index in [1.54, 1.807) is 0 Å². The van der Waals surface area contributed by atoms with E-state index in [1.165, 1.54) is 0 Å². The molecule has 0 radical (unpaired) electrons. The zero-order valence-corrected chi connectivity index (χ0v) is 15.8. The molecule has 136 valence electrons. The van der Waals surface area contributed by atoms with E-state index < -0.39 is 30.0 Å². The van der Waals surface area contributed by atoms with Crippen molar-refractivity contribution in [1.82, 2.24) is 5.32 Å². The molecule has 1 aliphatic carbocycles. The van der Waals surface area contributed by atoms with Gasteiger partial charge in [-0.25, -0.2) is 9.18 Å². The van der Waals surface area contributed by atoms with Crippen molar-refractivity contribution in [2.75, 3.05) is 6.54 Å². The lowest BCUT2D eigenvalue weighted by atomic mass is 9.72. The van der Waals surface area contributed by atoms with E-state index in [0.29, 0.717) is 25.0 Å². The summed E-state index contributed by atoms with van der Waals surface area (Å²) in [4.78, 5) is 11.6. The molecule has 2 aliphatic rings. The molecule has 24 heavy (non-hydrogen) atoms. The number of hydrogen-bond donors (Lipinski definition) is 1. The molecule has 0 unspecified atom stereocenters. The highest BCUT2D eigenvalue weighted by molar-refractivity contribution is 6.53. The molecular weight excluding hydrogens is 312 g/mol. The first kappa shape index (κ1) is 19.3. The Hall–Kier alpha value is -1.08. The molecule has 0 aromatic carbocycles. The van der Waals surface area contributed by atoms with Crippen LogP contribution >= 0.6 is 0 Å². The number of rotatable bonds is 3. The molecule has 2 fully saturated rings. The lowest BCUT2D eigenvalue weighted by Crippen LogP contribution is -2.41. The minimum Gasteiger partial charge on any atom is -0.444 e. The highest BCUT2D eigenvalue weighted by Crippen LogP contribution is 2.42. The minimum absolute atomic E-state index is 0.223. The molecule has 0 atom stereocenters. The number of nitrogens with one attached hydrogen (secondary N) is 1. The van der Waals surface area contributed by atoms with Crippen LogP contribution in [0.25, 0.3) is 0 Å². The highest BCUT2D eigenvalue weighted by Gasteiger charge is 2.54. The maximum absolute atomic E-state index is 14.6. The van der Waals surface area contributed by atoms with Crippen LogP contribution in [0.5, 0.6) is 0 Å². The Morgan fingerprint density at radius 2 is 1.75 bits per heavy atom. The van der Waals surface area contributed by atoms with Gasteiger partial charge >= 0.3 is 13.2 Å². The van der Waals surface area contributed by atoms with Gasteiger partial charge in [-0.2, -0.15) is 0 Å². The van der Waals surface area contributed by atoms with E-state index in [1.807, 2.05) is 48.5 Å². The summed E-state index contributed by atoms with van der Waals surface area (Å²) in [5, 5.41) is 2.73. The van der Waals surface area contributed by atoms with Gasteiger partial charge in [0.05, 0.1) is 11.2 Å². The Balaban J connectivity index is 1.81. The number of carbonyl (C=O) groups excluding carboxylic acids is 1. The van der Waals surface area contributed by atoms with Crippen LogP contribution in [-0.4, -0.2) is 36.6 Å². The average molecular weight is 341 g/mol. The van der Waals surface area contributed by atoms with Gasteiger partial charge in [0.15, 0.2) is 0 Å². The first-order valence-corrected chi connectivity index (χ1v) is 8.51. The van der Waals surface area contributed by atoms with Crippen LogP contribution in [0.1, 0.15) is 61.3 Å². The number of alkyl carbamates (subject to hydrolysis) is 1. The second kappa shape index (κ2) is 6.34. The molecule has 5 nitrogen and oxygen atoms in total. The van der Waals surface area contributed by atoms with Crippen LogP contribution < -0.4 is 5.32 Å². The third-order valence-electron chi connectivity index (χ3n) is 4.80. The van der Waals surface area contributed by atoms with Crippen molar-refractivity contribution >= 4 is 13.2 Å². The molecule has 1 saturated carbocycles. The zero-order valence-electron chi connectivity index (χ0n) is 15.8. The summed E-state index contributed by atoms with van der Waals surface area (Å²) in [5.74, 6) is 0.223. The van der Waals surface area contributed by atoms with Gasteiger partial charge in [-0.3, -0.25) is 0 Å². The first-order valence-electron chi connectivity index (χ1n) is 8.51. The number of amides is 1. The average Bonchev–Trinajstić information content (AvgIpc) is 2.53. The minimum atomic E-state index is -0.926. The Bertz CT molecular complexity index is 515. The lowest BCUT2D eigenvalue weighted by Gasteiger charge is -2.32. The molecule has 7 heteroatoms.